The van der Waals surface area contributed by atoms with E-state index in [1.54, 1.807) is 6.07 Å². The van der Waals surface area contributed by atoms with Gasteiger partial charge in [-0.3, -0.25) is 4.79 Å². The standard InChI is InChI=1S/C17H20N2O3/c1-10-7-14(10)15-6-5-13(21-15)9-19(12-3-4-12)17(20)16-8-11(2)18-22-16/h5-6,8,10,12,14H,3-4,7,9H2,1-2H3/t10-,14+/m0/s1. The van der Waals surface area contributed by atoms with Crippen molar-refractivity contribution in [2.75, 3.05) is 0 Å². The van der Waals surface area contributed by atoms with Crippen LogP contribution in [0.25, 0.3) is 0 Å². The maximum atomic E-state index is 12.6. The molecule has 0 unspecified atom stereocenters. The Bertz CT molecular complexity index is 698. The van der Waals surface area contributed by atoms with Gasteiger partial charge in [0.1, 0.15) is 11.5 Å². The van der Waals surface area contributed by atoms with Gasteiger partial charge in [-0.15, -0.1) is 0 Å². The fraction of sp³-hybridized carbons (Fsp3) is 0.529. The van der Waals surface area contributed by atoms with Gasteiger partial charge < -0.3 is 13.8 Å². The van der Waals surface area contributed by atoms with Crippen molar-refractivity contribution < 1.29 is 13.7 Å². The van der Waals surface area contributed by atoms with E-state index in [-0.39, 0.29) is 5.91 Å². The van der Waals surface area contributed by atoms with E-state index in [1.165, 1.54) is 6.42 Å². The summed E-state index contributed by atoms with van der Waals surface area (Å²) in [5.41, 5.74) is 0.724. The normalized spacial score (nSPS) is 23.5. The second-order valence-corrected chi connectivity index (χ2v) is 6.62. The third-order valence-electron chi connectivity index (χ3n) is 4.57. The number of carbonyl (C=O) groups excluding carboxylic acids is 1. The van der Waals surface area contributed by atoms with Crippen molar-refractivity contribution >= 4 is 5.91 Å². The SMILES string of the molecule is Cc1cc(C(=O)N(Cc2ccc([C@@H]3C[C@@H]3C)o2)C2CC2)on1. The van der Waals surface area contributed by atoms with Crippen LogP contribution in [0.1, 0.15) is 59.9 Å². The summed E-state index contributed by atoms with van der Waals surface area (Å²) < 4.78 is 11.1. The van der Waals surface area contributed by atoms with Gasteiger partial charge in [0.15, 0.2) is 0 Å². The number of amides is 1. The lowest BCUT2D eigenvalue weighted by Gasteiger charge is -2.19. The summed E-state index contributed by atoms with van der Waals surface area (Å²) in [7, 11) is 0. The van der Waals surface area contributed by atoms with Crippen molar-refractivity contribution in [3.8, 4) is 0 Å². The van der Waals surface area contributed by atoms with Crippen molar-refractivity contribution in [1.29, 1.82) is 0 Å². The highest BCUT2D eigenvalue weighted by molar-refractivity contribution is 5.91. The predicted octanol–water partition coefficient (Wildman–Crippen LogP) is 3.50. The number of aromatic nitrogens is 1. The minimum Gasteiger partial charge on any atom is -0.464 e. The number of rotatable bonds is 5. The fourth-order valence-corrected chi connectivity index (χ4v) is 2.92. The van der Waals surface area contributed by atoms with Crippen molar-refractivity contribution in [3.63, 3.8) is 0 Å². The number of furan rings is 1. The highest BCUT2D eigenvalue weighted by Gasteiger charge is 2.38. The van der Waals surface area contributed by atoms with E-state index in [2.05, 4.69) is 18.1 Å². The molecule has 2 fully saturated rings. The van der Waals surface area contributed by atoms with Crippen LogP contribution < -0.4 is 0 Å². The molecule has 2 aliphatic carbocycles. The van der Waals surface area contributed by atoms with Gasteiger partial charge in [0.05, 0.1) is 12.2 Å². The van der Waals surface area contributed by atoms with Gasteiger partial charge in [-0.2, -0.15) is 0 Å². The molecule has 2 aromatic rings. The van der Waals surface area contributed by atoms with Crippen LogP contribution >= 0.6 is 0 Å². The minimum absolute atomic E-state index is 0.0964. The molecule has 0 bridgehead atoms. The molecule has 4 rings (SSSR count). The first-order valence-electron chi connectivity index (χ1n) is 7.94. The molecule has 0 aromatic carbocycles. The lowest BCUT2D eigenvalue weighted by Crippen LogP contribution is -2.32. The van der Waals surface area contributed by atoms with Crippen LogP contribution in [0.2, 0.25) is 0 Å². The van der Waals surface area contributed by atoms with Crippen LogP contribution in [0, 0.1) is 12.8 Å². The summed E-state index contributed by atoms with van der Waals surface area (Å²) in [6, 6.07) is 6.04. The van der Waals surface area contributed by atoms with Gasteiger partial charge in [0, 0.05) is 18.0 Å². The molecule has 2 saturated carbocycles. The Kier molecular flexibility index (Phi) is 3.10. The summed E-state index contributed by atoms with van der Waals surface area (Å²) in [4.78, 5) is 14.4. The third-order valence-corrected chi connectivity index (χ3v) is 4.57. The zero-order chi connectivity index (χ0) is 15.3. The molecule has 2 aliphatic rings. The molecule has 0 radical (unpaired) electrons. The van der Waals surface area contributed by atoms with Crippen molar-refractivity contribution in [2.24, 2.45) is 5.92 Å². The van der Waals surface area contributed by atoms with E-state index in [4.69, 9.17) is 8.94 Å². The Morgan fingerprint density at radius 1 is 1.41 bits per heavy atom. The van der Waals surface area contributed by atoms with E-state index >= 15 is 0 Å². The van der Waals surface area contributed by atoms with Crippen LogP contribution in [0.3, 0.4) is 0 Å². The molecular formula is C17H20N2O3. The van der Waals surface area contributed by atoms with E-state index < -0.39 is 0 Å². The molecule has 2 atom stereocenters. The first kappa shape index (κ1) is 13.6. The van der Waals surface area contributed by atoms with E-state index in [0.717, 1.165) is 36.0 Å². The van der Waals surface area contributed by atoms with Crippen molar-refractivity contribution in [3.05, 3.63) is 41.2 Å². The zero-order valence-corrected chi connectivity index (χ0v) is 12.9. The van der Waals surface area contributed by atoms with E-state index in [0.29, 0.717) is 24.3 Å². The number of hydrogen-bond donors (Lipinski definition) is 0. The van der Waals surface area contributed by atoms with Crippen molar-refractivity contribution in [2.45, 2.75) is 51.6 Å². The Morgan fingerprint density at radius 3 is 2.77 bits per heavy atom. The second kappa shape index (κ2) is 5.00. The largest absolute Gasteiger partial charge is 0.464 e. The van der Waals surface area contributed by atoms with Gasteiger partial charge in [-0.05, 0) is 44.2 Å². The third kappa shape index (κ3) is 2.56. The molecule has 5 heteroatoms. The smallest absolute Gasteiger partial charge is 0.293 e. The first-order chi connectivity index (χ1) is 10.6. The van der Waals surface area contributed by atoms with Crippen LogP contribution in [-0.2, 0) is 6.54 Å². The molecule has 5 nitrogen and oxygen atoms in total. The topological polar surface area (TPSA) is 59.5 Å². The molecule has 2 aromatic heterocycles. The van der Waals surface area contributed by atoms with E-state index in [1.807, 2.05) is 17.9 Å². The molecule has 22 heavy (non-hydrogen) atoms. The Morgan fingerprint density at radius 2 is 2.18 bits per heavy atom. The summed E-state index contributed by atoms with van der Waals surface area (Å²) in [5.74, 6) is 3.41. The molecule has 0 spiro atoms. The first-order valence-corrected chi connectivity index (χ1v) is 7.94. The van der Waals surface area contributed by atoms with Crippen LogP contribution in [0.4, 0.5) is 0 Å². The van der Waals surface area contributed by atoms with Gasteiger partial charge in [0.2, 0.25) is 5.76 Å². The molecule has 0 aliphatic heterocycles. The van der Waals surface area contributed by atoms with E-state index in [9.17, 15) is 4.79 Å². The highest BCUT2D eigenvalue weighted by Crippen LogP contribution is 2.47. The fourth-order valence-electron chi connectivity index (χ4n) is 2.92. The maximum Gasteiger partial charge on any atom is 0.293 e. The Balaban J connectivity index is 1.50. The summed E-state index contributed by atoms with van der Waals surface area (Å²) >= 11 is 0. The summed E-state index contributed by atoms with van der Waals surface area (Å²) in [5, 5.41) is 3.80. The number of aryl methyl sites for hydroxylation is 1. The van der Waals surface area contributed by atoms with Gasteiger partial charge in [-0.25, -0.2) is 0 Å². The quantitative estimate of drug-likeness (QED) is 0.848. The molecule has 0 N–H and O–H groups in total. The monoisotopic (exact) mass is 300 g/mol. The average Bonchev–Trinajstić information content (AvgIpc) is 3.37. The van der Waals surface area contributed by atoms with Crippen LogP contribution in [-0.4, -0.2) is 22.0 Å². The zero-order valence-electron chi connectivity index (χ0n) is 12.9. The van der Waals surface area contributed by atoms with Crippen LogP contribution in [0.5, 0.6) is 0 Å². The second-order valence-electron chi connectivity index (χ2n) is 6.62. The maximum absolute atomic E-state index is 12.6. The number of carbonyl (C=O) groups is 1. The molecule has 1 amide bonds. The molecular weight excluding hydrogens is 280 g/mol. The molecule has 0 saturated heterocycles. The van der Waals surface area contributed by atoms with Crippen molar-refractivity contribution in [1.82, 2.24) is 10.1 Å². The van der Waals surface area contributed by atoms with Gasteiger partial charge in [0.25, 0.3) is 5.91 Å². The Labute approximate surface area is 129 Å². The molecule has 116 valence electrons. The van der Waals surface area contributed by atoms with Gasteiger partial charge in [-0.1, -0.05) is 12.1 Å². The summed E-state index contributed by atoms with van der Waals surface area (Å²) in [6.07, 6.45) is 3.30. The molecule has 2 heterocycles. The highest BCUT2D eigenvalue weighted by atomic mass is 16.5. The number of hydrogen-bond acceptors (Lipinski definition) is 4. The number of nitrogens with zero attached hydrogens (tertiary/aromatic N) is 2. The summed E-state index contributed by atoms with van der Waals surface area (Å²) in [6.45, 7) is 4.56. The van der Waals surface area contributed by atoms with Crippen LogP contribution in [0.15, 0.2) is 27.1 Å². The minimum atomic E-state index is -0.0964. The lowest BCUT2D eigenvalue weighted by molar-refractivity contribution is 0.0674. The predicted molar refractivity (Wildman–Crippen MR) is 79.4 cm³/mol. The Hall–Kier alpha value is -2.04. The average molecular weight is 300 g/mol. The lowest BCUT2D eigenvalue weighted by atomic mass is 10.2. The van der Waals surface area contributed by atoms with Gasteiger partial charge >= 0.3 is 0 Å².